The lowest BCUT2D eigenvalue weighted by molar-refractivity contribution is -0.144. The molecule has 0 aliphatic carbocycles. The van der Waals surface area contributed by atoms with E-state index >= 15 is 0 Å². The lowest BCUT2D eigenvalue weighted by atomic mass is 9.94. The van der Waals surface area contributed by atoms with E-state index in [2.05, 4.69) is 9.46 Å². The van der Waals surface area contributed by atoms with E-state index in [-0.39, 0.29) is 5.56 Å². The van der Waals surface area contributed by atoms with Gasteiger partial charge in [-0.25, -0.2) is 13.2 Å². The molecule has 0 bridgehead atoms. The number of aliphatic carboxylic acids is 1. The van der Waals surface area contributed by atoms with Crippen LogP contribution in [0.25, 0.3) is 0 Å². The predicted molar refractivity (Wildman–Crippen MR) is 75.0 cm³/mol. The van der Waals surface area contributed by atoms with Crippen molar-refractivity contribution in [2.75, 3.05) is 7.11 Å². The molecule has 0 fully saturated rings. The molecule has 0 spiro atoms. The molecule has 0 saturated carbocycles. The summed E-state index contributed by atoms with van der Waals surface area (Å²) in [6.45, 7) is 2.34. The van der Waals surface area contributed by atoms with Gasteiger partial charge in [0.1, 0.15) is 0 Å². The van der Waals surface area contributed by atoms with E-state index in [1.807, 2.05) is 0 Å². The van der Waals surface area contributed by atoms with Crippen molar-refractivity contribution in [1.29, 1.82) is 0 Å². The van der Waals surface area contributed by atoms with Crippen LogP contribution >= 0.6 is 0 Å². The molecule has 1 rings (SSSR count). The number of esters is 1. The molecule has 0 aliphatic rings. The first kappa shape index (κ1) is 17.1. The summed E-state index contributed by atoms with van der Waals surface area (Å²) in [5.41, 5.74) is -1.64. The number of sulfonamides is 1. The lowest BCUT2D eigenvalue weighted by Gasteiger charge is -2.27. The van der Waals surface area contributed by atoms with Crippen molar-refractivity contribution in [2.45, 2.75) is 24.6 Å². The van der Waals surface area contributed by atoms with Crippen LogP contribution < -0.4 is 4.72 Å². The molecule has 0 saturated heterocycles. The smallest absolute Gasteiger partial charge is 0.329 e. The Labute approximate surface area is 123 Å². The van der Waals surface area contributed by atoms with Crippen molar-refractivity contribution in [3.05, 3.63) is 35.9 Å². The highest BCUT2D eigenvalue weighted by atomic mass is 32.2. The minimum Gasteiger partial charge on any atom is -0.480 e. The predicted octanol–water partition coefficient (Wildman–Crippen LogP) is 0.467. The van der Waals surface area contributed by atoms with Gasteiger partial charge < -0.3 is 9.84 Å². The topological polar surface area (TPSA) is 110 Å². The van der Waals surface area contributed by atoms with Crippen LogP contribution in [0.2, 0.25) is 0 Å². The number of carboxylic acid groups (broad SMARTS) is 1. The highest BCUT2D eigenvalue weighted by molar-refractivity contribution is 7.90. The molecule has 1 aromatic carbocycles. The number of carboxylic acids is 1. The summed E-state index contributed by atoms with van der Waals surface area (Å²) in [5.74, 6) is -2.35. The Hall–Kier alpha value is -1.93. The number of methoxy groups -OCH3 is 1. The maximum absolute atomic E-state index is 12.1. The molecule has 1 aromatic rings. The molecule has 0 aliphatic heterocycles. The second-order valence-electron chi connectivity index (χ2n) is 4.61. The zero-order valence-electron chi connectivity index (χ0n) is 11.9. The Balaban J connectivity index is 3.22. The van der Waals surface area contributed by atoms with Crippen molar-refractivity contribution >= 4 is 22.0 Å². The quantitative estimate of drug-likeness (QED) is 0.738. The Morgan fingerprint density at radius 2 is 1.81 bits per heavy atom. The first-order chi connectivity index (χ1) is 9.65. The number of carbonyl (C=O) groups is 2. The van der Waals surface area contributed by atoms with E-state index in [1.165, 1.54) is 19.1 Å². The van der Waals surface area contributed by atoms with E-state index in [1.54, 1.807) is 18.2 Å². The van der Waals surface area contributed by atoms with Crippen molar-refractivity contribution in [1.82, 2.24) is 4.72 Å². The first-order valence-electron chi connectivity index (χ1n) is 6.04. The molecule has 8 heteroatoms. The molecule has 116 valence electrons. The molecule has 0 radical (unpaired) electrons. The van der Waals surface area contributed by atoms with Gasteiger partial charge in [0.15, 0.2) is 10.8 Å². The van der Waals surface area contributed by atoms with Gasteiger partial charge in [-0.2, -0.15) is 4.72 Å². The van der Waals surface area contributed by atoms with Crippen LogP contribution in [-0.4, -0.2) is 37.8 Å². The molecular weight excluding hydrogens is 298 g/mol. The van der Waals surface area contributed by atoms with Crippen LogP contribution in [0.5, 0.6) is 0 Å². The van der Waals surface area contributed by atoms with Gasteiger partial charge in [0.05, 0.1) is 7.11 Å². The number of hydrogen-bond acceptors (Lipinski definition) is 5. The van der Waals surface area contributed by atoms with Crippen molar-refractivity contribution < 1.29 is 27.9 Å². The van der Waals surface area contributed by atoms with E-state index in [4.69, 9.17) is 0 Å². The summed E-state index contributed by atoms with van der Waals surface area (Å²) in [6, 6.07) is 7.83. The third-order valence-corrected chi connectivity index (χ3v) is 4.94. The number of ether oxygens (including phenoxy) is 1. The first-order valence-corrected chi connectivity index (χ1v) is 7.59. The lowest BCUT2D eigenvalue weighted by Crippen LogP contribution is -2.53. The third kappa shape index (κ3) is 3.59. The van der Waals surface area contributed by atoms with E-state index in [0.29, 0.717) is 0 Å². The van der Waals surface area contributed by atoms with Gasteiger partial charge in [0.25, 0.3) is 0 Å². The van der Waals surface area contributed by atoms with Gasteiger partial charge in [-0.1, -0.05) is 30.3 Å². The summed E-state index contributed by atoms with van der Waals surface area (Å²) in [4.78, 5) is 22.9. The standard InChI is InChI=1S/C13H17NO6S/c1-9(11(15)20-3)21(18,19)14-13(2,12(16)17)10-7-5-4-6-8-10/h4-9,14H,1-3H3,(H,16,17). The summed E-state index contributed by atoms with van der Waals surface area (Å²) < 4.78 is 30.7. The number of benzene rings is 1. The van der Waals surface area contributed by atoms with E-state index in [0.717, 1.165) is 14.0 Å². The summed E-state index contributed by atoms with van der Waals surface area (Å²) in [6.07, 6.45) is 0. The number of hydrogen-bond donors (Lipinski definition) is 2. The van der Waals surface area contributed by atoms with Crippen LogP contribution in [0.1, 0.15) is 19.4 Å². The van der Waals surface area contributed by atoms with Crippen LogP contribution in [0.3, 0.4) is 0 Å². The molecule has 2 N–H and O–H groups in total. The van der Waals surface area contributed by atoms with Crippen molar-refractivity contribution in [3.8, 4) is 0 Å². The summed E-state index contributed by atoms with van der Waals surface area (Å²) >= 11 is 0. The van der Waals surface area contributed by atoms with Gasteiger partial charge >= 0.3 is 11.9 Å². The van der Waals surface area contributed by atoms with Gasteiger partial charge in [-0.15, -0.1) is 0 Å². The highest BCUT2D eigenvalue weighted by Gasteiger charge is 2.42. The summed E-state index contributed by atoms with van der Waals surface area (Å²) in [7, 11) is -3.17. The Morgan fingerprint density at radius 1 is 1.29 bits per heavy atom. The minimum absolute atomic E-state index is 0.248. The Kier molecular flexibility index (Phi) is 5.08. The van der Waals surface area contributed by atoms with Gasteiger partial charge in [-0.3, -0.25) is 4.79 Å². The molecular formula is C13H17NO6S. The Bertz CT molecular complexity index is 627. The van der Waals surface area contributed by atoms with Crippen LogP contribution in [0.4, 0.5) is 0 Å². The number of rotatable bonds is 6. The normalized spacial score (nSPS) is 15.8. The third-order valence-electron chi connectivity index (χ3n) is 3.12. The fourth-order valence-corrected chi connectivity index (χ4v) is 2.96. The summed E-state index contributed by atoms with van der Waals surface area (Å²) in [5, 5.41) is 7.86. The SMILES string of the molecule is COC(=O)C(C)S(=O)(=O)NC(C)(C(=O)O)c1ccccc1. The molecule has 0 aromatic heterocycles. The van der Waals surface area contributed by atoms with Crippen LogP contribution in [0.15, 0.2) is 30.3 Å². The van der Waals surface area contributed by atoms with E-state index < -0.39 is 32.8 Å². The second kappa shape index (κ2) is 6.23. The maximum Gasteiger partial charge on any atom is 0.329 e. The van der Waals surface area contributed by atoms with Gasteiger partial charge in [-0.05, 0) is 19.4 Å². The molecule has 7 nitrogen and oxygen atoms in total. The highest BCUT2D eigenvalue weighted by Crippen LogP contribution is 2.23. The minimum atomic E-state index is -4.23. The second-order valence-corrected chi connectivity index (χ2v) is 6.61. The van der Waals surface area contributed by atoms with Crippen LogP contribution in [-0.2, 0) is 29.9 Å². The monoisotopic (exact) mass is 315 g/mol. The molecule has 0 amide bonds. The average Bonchev–Trinajstić information content (AvgIpc) is 2.45. The van der Waals surface area contributed by atoms with E-state index in [9.17, 15) is 23.1 Å². The van der Waals surface area contributed by atoms with Crippen molar-refractivity contribution in [2.24, 2.45) is 0 Å². The number of nitrogens with one attached hydrogen (secondary N) is 1. The zero-order valence-corrected chi connectivity index (χ0v) is 12.7. The van der Waals surface area contributed by atoms with Gasteiger partial charge in [0, 0.05) is 0 Å². The maximum atomic E-state index is 12.1. The van der Waals surface area contributed by atoms with Crippen LogP contribution in [0, 0.1) is 0 Å². The van der Waals surface area contributed by atoms with Gasteiger partial charge in [0.2, 0.25) is 10.0 Å². The Morgan fingerprint density at radius 3 is 2.24 bits per heavy atom. The largest absolute Gasteiger partial charge is 0.480 e. The molecule has 21 heavy (non-hydrogen) atoms. The van der Waals surface area contributed by atoms with Crippen molar-refractivity contribution in [3.63, 3.8) is 0 Å². The molecule has 2 atom stereocenters. The molecule has 0 heterocycles. The zero-order chi connectivity index (χ0) is 16.3. The fraction of sp³-hybridized carbons (Fsp3) is 0.385. The molecule has 2 unspecified atom stereocenters. The average molecular weight is 315 g/mol. The number of carbonyl (C=O) groups excluding carboxylic acids is 1. The fourth-order valence-electron chi connectivity index (χ4n) is 1.66.